The van der Waals surface area contributed by atoms with Crippen LogP contribution in [0.4, 0.5) is 0 Å². The van der Waals surface area contributed by atoms with E-state index < -0.39 is 30.3 Å². The zero-order chi connectivity index (χ0) is 25.3. The third-order valence-electron chi connectivity index (χ3n) is 5.16. The van der Waals surface area contributed by atoms with Crippen molar-refractivity contribution < 1.29 is 25.2 Å². The highest BCUT2D eigenvalue weighted by Crippen LogP contribution is 2.15. The molecule has 34 heavy (non-hydrogen) atoms. The summed E-state index contributed by atoms with van der Waals surface area (Å²) in [6.07, 6.45) is 22.2. The first kappa shape index (κ1) is 29.3. The maximum atomic E-state index is 12.0. The topological polar surface area (TPSA) is 110 Å². The predicted octanol–water partition coefficient (Wildman–Crippen LogP) is 3.20. The number of rotatable bonds is 0. The minimum Gasteiger partial charge on any atom is -0.390 e. The van der Waals surface area contributed by atoms with Crippen LogP contribution in [-0.2, 0) is 4.79 Å². The molecule has 0 saturated heterocycles. The van der Waals surface area contributed by atoms with Gasteiger partial charge in [0.1, 0.15) is 6.10 Å². The molecule has 1 aliphatic rings. The number of hydrogen-bond acceptors (Lipinski definition) is 5. The highest BCUT2D eigenvalue weighted by atomic mass is 16.4. The van der Waals surface area contributed by atoms with Crippen LogP contribution in [0.2, 0.25) is 0 Å². The summed E-state index contributed by atoms with van der Waals surface area (Å²) in [4.78, 5) is 12.0. The second-order valence-electron chi connectivity index (χ2n) is 8.45. The van der Waals surface area contributed by atoms with Crippen LogP contribution in [0.3, 0.4) is 0 Å². The molecule has 6 heteroatoms. The van der Waals surface area contributed by atoms with Crippen LogP contribution in [0.1, 0.15) is 33.6 Å². The smallest absolute Gasteiger partial charge is 0.244 e. The maximum absolute atomic E-state index is 12.0. The summed E-state index contributed by atoms with van der Waals surface area (Å²) in [5.41, 5.74) is 1.06. The Labute approximate surface area is 203 Å². The van der Waals surface area contributed by atoms with Crippen LogP contribution >= 0.6 is 0 Å². The minimum absolute atomic E-state index is 0.0295. The van der Waals surface area contributed by atoms with E-state index in [2.05, 4.69) is 5.32 Å². The fourth-order valence-corrected chi connectivity index (χ4v) is 3.07. The van der Waals surface area contributed by atoms with E-state index in [0.29, 0.717) is 6.42 Å². The number of allylic oxidation sites excluding steroid dienone is 12. The minimum atomic E-state index is -1.43. The lowest BCUT2D eigenvalue weighted by atomic mass is 9.93. The van der Waals surface area contributed by atoms with E-state index in [-0.39, 0.29) is 18.4 Å². The van der Waals surface area contributed by atoms with Gasteiger partial charge in [0.25, 0.3) is 0 Å². The van der Waals surface area contributed by atoms with Gasteiger partial charge < -0.3 is 25.7 Å². The van der Waals surface area contributed by atoms with Crippen molar-refractivity contribution >= 4 is 5.91 Å². The fraction of sp³-hybridized carbons (Fsp3) is 0.393. The Morgan fingerprint density at radius 3 is 2.21 bits per heavy atom. The van der Waals surface area contributed by atoms with Crippen LogP contribution in [0, 0.1) is 5.92 Å². The largest absolute Gasteiger partial charge is 0.390 e. The van der Waals surface area contributed by atoms with E-state index in [1.54, 1.807) is 37.3 Å². The number of amides is 1. The van der Waals surface area contributed by atoms with Gasteiger partial charge in [0.15, 0.2) is 0 Å². The Bertz CT molecular complexity index is 847. The molecular weight excluding hydrogens is 430 g/mol. The Balaban J connectivity index is 2.93. The summed E-state index contributed by atoms with van der Waals surface area (Å²) < 4.78 is 0. The summed E-state index contributed by atoms with van der Waals surface area (Å²) in [5.74, 6) is -0.708. The zero-order valence-corrected chi connectivity index (χ0v) is 20.2. The summed E-state index contributed by atoms with van der Waals surface area (Å²) >= 11 is 0. The number of aliphatic hydroxyl groups is 4. The number of hydrogen-bond donors (Lipinski definition) is 5. The van der Waals surface area contributed by atoms with Gasteiger partial charge in [0, 0.05) is 24.5 Å². The summed E-state index contributed by atoms with van der Waals surface area (Å²) in [7, 11) is 0. The molecule has 5 N–H and O–H groups in total. The standard InChI is InChI=1S/C28H39NO5/c1-21-14-8-4-6-10-17-23(3)29-26(32)19-13-12-16-22(2)27(33)28(34)25(31)20-24(30)18-11-7-5-9-15-21/h4-16,18-19,22-25,27-28,30-31,33-34H,17,20H2,1-3H3,(H,29,32)/b7-5-,8-4+,10-6+,15-9+,16-12+,18-11+,19-13+,21-14+/t22?,23?,24-,25-,27+,28?/m0/s1. The SMILES string of the molecule is CC1=C\C=C\C=C\CC(C)NC(=O)/C=C/C=C/C(C)[C@@H](O)C(O)[C@@H](O)C[C@@H](O)/C=C/C=C\C=C\1. The molecule has 0 aromatic carbocycles. The molecule has 6 atom stereocenters. The summed E-state index contributed by atoms with van der Waals surface area (Å²) in [5, 5.41) is 43.7. The third kappa shape index (κ3) is 13.1. The van der Waals surface area contributed by atoms with Crippen LogP contribution in [0.5, 0.6) is 0 Å². The van der Waals surface area contributed by atoms with Crippen LogP contribution in [0.15, 0.2) is 96.7 Å². The molecule has 0 aliphatic carbocycles. The Kier molecular flexibility index (Phi) is 14.4. The molecule has 0 aromatic heterocycles. The van der Waals surface area contributed by atoms with Crippen LogP contribution in [-0.4, -0.2) is 56.8 Å². The number of nitrogens with one attached hydrogen (secondary N) is 1. The predicted molar refractivity (Wildman–Crippen MR) is 138 cm³/mol. The van der Waals surface area contributed by atoms with Gasteiger partial charge in [0.05, 0.1) is 18.3 Å². The number of carbonyl (C=O) groups is 1. The zero-order valence-electron chi connectivity index (χ0n) is 20.2. The lowest BCUT2D eigenvalue weighted by Crippen LogP contribution is -2.41. The van der Waals surface area contributed by atoms with Crippen molar-refractivity contribution in [3.05, 3.63) is 96.7 Å². The molecular formula is C28H39NO5. The molecule has 1 aliphatic heterocycles. The Hall–Kier alpha value is -2.77. The first-order chi connectivity index (χ1) is 16.2. The van der Waals surface area contributed by atoms with Gasteiger partial charge in [-0.1, -0.05) is 97.6 Å². The molecule has 3 unspecified atom stereocenters. The van der Waals surface area contributed by atoms with E-state index in [1.807, 2.05) is 62.5 Å². The summed E-state index contributed by atoms with van der Waals surface area (Å²) in [6, 6.07) is -0.0295. The van der Waals surface area contributed by atoms with Gasteiger partial charge in [-0.2, -0.15) is 0 Å². The quantitative estimate of drug-likeness (QED) is 0.374. The number of carbonyl (C=O) groups excluding carboxylic acids is 1. The van der Waals surface area contributed by atoms with E-state index in [4.69, 9.17) is 0 Å². The second kappa shape index (κ2) is 16.8. The van der Waals surface area contributed by atoms with E-state index in [1.165, 1.54) is 12.2 Å². The van der Waals surface area contributed by atoms with Crippen LogP contribution in [0.25, 0.3) is 0 Å². The highest BCUT2D eigenvalue weighted by Gasteiger charge is 2.28. The van der Waals surface area contributed by atoms with Crippen molar-refractivity contribution in [3.8, 4) is 0 Å². The summed E-state index contributed by atoms with van der Waals surface area (Å²) in [6.45, 7) is 5.59. The van der Waals surface area contributed by atoms with Crippen molar-refractivity contribution in [3.63, 3.8) is 0 Å². The first-order valence-corrected chi connectivity index (χ1v) is 11.6. The molecule has 1 heterocycles. The highest BCUT2D eigenvalue weighted by molar-refractivity contribution is 5.87. The average molecular weight is 470 g/mol. The normalized spacial score (nSPS) is 38.9. The molecule has 1 amide bonds. The lowest BCUT2D eigenvalue weighted by Gasteiger charge is -2.26. The van der Waals surface area contributed by atoms with Gasteiger partial charge >= 0.3 is 0 Å². The molecule has 0 saturated carbocycles. The average Bonchev–Trinajstić information content (AvgIpc) is 2.79. The third-order valence-corrected chi connectivity index (χ3v) is 5.16. The molecule has 1 rings (SSSR count). The van der Waals surface area contributed by atoms with Crippen molar-refractivity contribution in [2.45, 2.75) is 64.1 Å². The molecule has 0 spiro atoms. The molecule has 0 aromatic rings. The maximum Gasteiger partial charge on any atom is 0.244 e. The molecule has 186 valence electrons. The Morgan fingerprint density at radius 1 is 0.794 bits per heavy atom. The molecule has 0 radical (unpaired) electrons. The van der Waals surface area contributed by atoms with E-state index in [9.17, 15) is 25.2 Å². The van der Waals surface area contributed by atoms with Gasteiger partial charge in [-0.15, -0.1) is 0 Å². The number of aliphatic hydroxyl groups excluding tert-OH is 4. The van der Waals surface area contributed by atoms with Crippen molar-refractivity contribution in [2.24, 2.45) is 5.92 Å². The monoisotopic (exact) mass is 469 g/mol. The lowest BCUT2D eigenvalue weighted by molar-refractivity contribution is -0.117. The van der Waals surface area contributed by atoms with Crippen molar-refractivity contribution in [1.29, 1.82) is 0 Å². The molecule has 6 nitrogen and oxygen atoms in total. The fourth-order valence-electron chi connectivity index (χ4n) is 3.07. The van der Waals surface area contributed by atoms with Crippen molar-refractivity contribution in [2.75, 3.05) is 0 Å². The first-order valence-electron chi connectivity index (χ1n) is 11.6. The van der Waals surface area contributed by atoms with Gasteiger partial charge in [-0.3, -0.25) is 4.79 Å². The molecule has 0 bridgehead atoms. The second-order valence-corrected chi connectivity index (χ2v) is 8.45. The molecule has 0 fully saturated rings. The van der Waals surface area contributed by atoms with Gasteiger partial charge in [0.2, 0.25) is 5.91 Å². The van der Waals surface area contributed by atoms with Crippen molar-refractivity contribution in [1.82, 2.24) is 5.32 Å². The van der Waals surface area contributed by atoms with Gasteiger partial charge in [-0.25, -0.2) is 0 Å². The van der Waals surface area contributed by atoms with E-state index >= 15 is 0 Å². The van der Waals surface area contributed by atoms with E-state index in [0.717, 1.165) is 5.57 Å². The van der Waals surface area contributed by atoms with Crippen LogP contribution < -0.4 is 5.32 Å². The Morgan fingerprint density at radius 2 is 1.44 bits per heavy atom. The van der Waals surface area contributed by atoms with Gasteiger partial charge in [-0.05, 0) is 20.3 Å².